The van der Waals surface area contributed by atoms with Crippen LogP contribution in [-0.2, 0) is 17.9 Å². The highest BCUT2D eigenvalue weighted by molar-refractivity contribution is 5.83. The quantitative estimate of drug-likeness (QED) is 0.365. The van der Waals surface area contributed by atoms with Crippen LogP contribution >= 0.6 is 0 Å². The van der Waals surface area contributed by atoms with Crippen LogP contribution in [-0.4, -0.2) is 48.7 Å². The van der Waals surface area contributed by atoms with E-state index in [-0.39, 0.29) is 18.6 Å². The highest BCUT2D eigenvalue weighted by Gasteiger charge is 2.16. The number of ether oxygens (including phenoxy) is 1. The van der Waals surface area contributed by atoms with Gasteiger partial charge in [0, 0.05) is 20.0 Å². The van der Waals surface area contributed by atoms with Gasteiger partial charge in [-0.15, -0.1) is 5.10 Å². The number of carbonyl (C=O) groups is 1. The van der Waals surface area contributed by atoms with Crippen molar-refractivity contribution in [2.45, 2.75) is 46.3 Å². The lowest BCUT2D eigenvalue weighted by molar-refractivity contribution is -0.131. The number of hydrogen-bond acceptors (Lipinski definition) is 9. The fraction of sp³-hybridized carbons (Fsp3) is 0.421. The SMILES string of the molecule is CCC(CO)Nc1nc(NCc2cccc(OC(C)=O)c2)c2nnn(CC)c2n1. The molecule has 29 heavy (non-hydrogen) atoms. The smallest absolute Gasteiger partial charge is 0.308 e. The molecule has 10 heteroatoms. The molecule has 0 radical (unpaired) electrons. The molecule has 10 nitrogen and oxygen atoms in total. The van der Waals surface area contributed by atoms with E-state index in [4.69, 9.17) is 4.74 Å². The number of fused-ring (bicyclic) bond motifs is 1. The van der Waals surface area contributed by atoms with Gasteiger partial charge >= 0.3 is 5.97 Å². The van der Waals surface area contributed by atoms with E-state index in [0.717, 1.165) is 12.0 Å². The van der Waals surface area contributed by atoms with Crippen LogP contribution in [0.1, 0.15) is 32.8 Å². The molecule has 2 heterocycles. The highest BCUT2D eigenvalue weighted by Crippen LogP contribution is 2.22. The monoisotopic (exact) mass is 399 g/mol. The Morgan fingerprint density at radius 2 is 2.14 bits per heavy atom. The van der Waals surface area contributed by atoms with Crippen molar-refractivity contribution in [1.82, 2.24) is 25.0 Å². The van der Waals surface area contributed by atoms with Gasteiger partial charge in [0.05, 0.1) is 12.6 Å². The van der Waals surface area contributed by atoms with Gasteiger partial charge in [-0.05, 0) is 31.0 Å². The van der Waals surface area contributed by atoms with Gasteiger partial charge in [0.1, 0.15) is 5.75 Å². The lowest BCUT2D eigenvalue weighted by Gasteiger charge is -2.15. The summed E-state index contributed by atoms with van der Waals surface area (Å²) in [7, 11) is 0. The molecule has 1 unspecified atom stereocenters. The van der Waals surface area contributed by atoms with E-state index in [1.807, 2.05) is 26.0 Å². The summed E-state index contributed by atoms with van der Waals surface area (Å²) in [5.74, 6) is 1.04. The molecule has 0 aliphatic carbocycles. The minimum Gasteiger partial charge on any atom is -0.427 e. The summed E-state index contributed by atoms with van der Waals surface area (Å²) in [4.78, 5) is 20.2. The summed E-state index contributed by atoms with van der Waals surface area (Å²) in [6.07, 6.45) is 0.731. The summed E-state index contributed by atoms with van der Waals surface area (Å²) >= 11 is 0. The van der Waals surface area contributed by atoms with Crippen molar-refractivity contribution >= 4 is 28.9 Å². The predicted octanol–water partition coefficient (Wildman–Crippen LogP) is 1.96. The Bertz CT molecular complexity index is 985. The summed E-state index contributed by atoms with van der Waals surface area (Å²) in [5, 5.41) is 24.2. The molecule has 0 saturated heterocycles. The molecular formula is C19H25N7O3. The zero-order valence-corrected chi connectivity index (χ0v) is 16.7. The Labute approximate surface area is 168 Å². The van der Waals surface area contributed by atoms with Crippen LogP contribution in [0.5, 0.6) is 5.75 Å². The Hall–Kier alpha value is -3.27. The largest absolute Gasteiger partial charge is 0.427 e. The molecular weight excluding hydrogens is 374 g/mol. The average Bonchev–Trinajstić information content (AvgIpc) is 3.13. The first-order valence-electron chi connectivity index (χ1n) is 9.53. The van der Waals surface area contributed by atoms with Crippen molar-refractivity contribution in [2.24, 2.45) is 0 Å². The second-order valence-corrected chi connectivity index (χ2v) is 6.50. The number of nitrogens with zero attached hydrogens (tertiary/aromatic N) is 5. The maximum atomic E-state index is 11.2. The van der Waals surface area contributed by atoms with Gasteiger partial charge in [0.2, 0.25) is 5.95 Å². The molecule has 0 aliphatic heterocycles. The second kappa shape index (κ2) is 9.28. The molecule has 0 saturated carbocycles. The number of hydrogen-bond donors (Lipinski definition) is 3. The van der Waals surface area contributed by atoms with Crippen LogP contribution in [0.25, 0.3) is 11.2 Å². The van der Waals surface area contributed by atoms with E-state index in [9.17, 15) is 9.90 Å². The van der Waals surface area contributed by atoms with E-state index >= 15 is 0 Å². The van der Waals surface area contributed by atoms with Crippen LogP contribution in [0.4, 0.5) is 11.8 Å². The zero-order chi connectivity index (χ0) is 20.8. The lowest BCUT2D eigenvalue weighted by atomic mass is 10.2. The number of esters is 1. The van der Waals surface area contributed by atoms with Crippen molar-refractivity contribution < 1.29 is 14.6 Å². The van der Waals surface area contributed by atoms with Gasteiger partial charge in [-0.2, -0.15) is 9.97 Å². The van der Waals surface area contributed by atoms with E-state index in [1.165, 1.54) is 6.92 Å². The second-order valence-electron chi connectivity index (χ2n) is 6.50. The van der Waals surface area contributed by atoms with E-state index in [1.54, 1.807) is 16.8 Å². The summed E-state index contributed by atoms with van der Waals surface area (Å²) < 4.78 is 6.82. The summed E-state index contributed by atoms with van der Waals surface area (Å²) in [5.41, 5.74) is 2.08. The molecule has 154 valence electrons. The number of nitrogens with one attached hydrogen (secondary N) is 2. The molecule has 0 aliphatic rings. The normalized spacial score (nSPS) is 12.0. The van der Waals surface area contributed by atoms with E-state index < -0.39 is 0 Å². The Balaban J connectivity index is 1.87. The minimum atomic E-state index is -0.367. The van der Waals surface area contributed by atoms with Crippen molar-refractivity contribution in [1.29, 1.82) is 0 Å². The number of rotatable bonds is 9. The molecule has 2 aromatic heterocycles. The maximum absolute atomic E-state index is 11.2. The first-order chi connectivity index (χ1) is 14.0. The first-order valence-corrected chi connectivity index (χ1v) is 9.53. The minimum absolute atomic E-state index is 0.0190. The molecule has 0 fully saturated rings. The number of aliphatic hydroxyl groups excluding tert-OH is 1. The standard InChI is InChI=1S/C19H25N7O3/c1-4-14(11-27)21-19-22-17(16-18(23-19)26(5-2)25-24-16)20-10-13-7-6-8-15(9-13)29-12(3)28/h6-9,14,27H,4-5,10-11H2,1-3H3,(H2,20,21,22,23). The summed E-state index contributed by atoms with van der Waals surface area (Å²) in [6.45, 7) is 6.34. The third-order valence-corrected chi connectivity index (χ3v) is 4.33. The van der Waals surface area contributed by atoms with Gasteiger partial charge in [0.15, 0.2) is 17.0 Å². The third-order valence-electron chi connectivity index (χ3n) is 4.33. The topological polar surface area (TPSA) is 127 Å². The number of anilines is 2. The Morgan fingerprint density at radius 3 is 2.83 bits per heavy atom. The van der Waals surface area contributed by atoms with Crippen molar-refractivity contribution in [3.63, 3.8) is 0 Å². The molecule has 1 aromatic carbocycles. The van der Waals surface area contributed by atoms with Crippen molar-refractivity contribution in [3.05, 3.63) is 29.8 Å². The van der Waals surface area contributed by atoms with Gasteiger partial charge in [-0.25, -0.2) is 4.68 Å². The molecule has 0 amide bonds. The van der Waals surface area contributed by atoms with E-state index in [0.29, 0.717) is 41.8 Å². The fourth-order valence-electron chi connectivity index (χ4n) is 2.79. The van der Waals surface area contributed by atoms with Crippen LogP contribution in [0.3, 0.4) is 0 Å². The maximum Gasteiger partial charge on any atom is 0.308 e. The number of aryl methyl sites for hydroxylation is 1. The highest BCUT2D eigenvalue weighted by atomic mass is 16.5. The molecule has 3 rings (SSSR count). The molecule has 3 N–H and O–H groups in total. The molecule has 0 bridgehead atoms. The third kappa shape index (κ3) is 4.96. The summed E-state index contributed by atoms with van der Waals surface area (Å²) in [6, 6.07) is 7.10. The van der Waals surface area contributed by atoms with Crippen LogP contribution in [0, 0.1) is 0 Å². The number of aliphatic hydroxyl groups is 1. The molecule has 1 atom stereocenters. The van der Waals surface area contributed by atoms with Crippen molar-refractivity contribution in [3.8, 4) is 5.75 Å². The Kier molecular flexibility index (Phi) is 6.55. The van der Waals surface area contributed by atoms with Crippen molar-refractivity contribution in [2.75, 3.05) is 17.2 Å². The Morgan fingerprint density at radius 1 is 1.31 bits per heavy atom. The van der Waals surface area contributed by atoms with Crippen LogP contribution < -0.4 is 15.4 Å². The average molecular weight is 399 g/mol. The predicted molar refractivity (Wildman–Crippen MR) is 109 cm³/mol. The number of carbonyl (C=O) groups excluding carboxylic acids is 1. The molecule has 0 spiro atoms. The van der Waals surface area contributed by atoms with Gasteiger partial charge in [-0.3, -0.25) is 4.79 Å². The van der Waals surface area contributed by atoms with Crippen LogP contribution in [0.2, 0.25) is 0 Å². The fourth-order valence-corrected chi connectivity index (χ4v) is 2.79. The first kappa shape index (κ1) is 20.5. The van der Waals surface area contributed by atoms with Crippen LogP contribution in [0.15, 0.2) is 24.3 Å². The number of aromatic nitrogens is 5. The van der Waals surface area contributed by atoms with Gasteiger partial charge in [-0.1, -0.05) is 24.3 Å². The zero-order valence-electron chi connectivity index (χ0n) is 16.7. The molecule has 3 aromatic rings. The lowest BCUT2D eigenvalue weighted by Crippen LogP contribution is -2.24. The van der Waals surface area contributed by atoms with Gasteiger partial charge in [0.25, 0.3) is 0 Å². The van der Waals surface area contributed by atoms with Gasteiger partial charge < -0.3 is 20.5 Å². The number of benzene rings is 1. The van der Waals surface area contributed by atoms with E-state index in [2.05, 4.69) is 30.9 Å².